The first-order valence-electron chi connectivity index (χ1n) is 6.91. The molecule has 4 nitrogen and oxygen atoms in total. The minimum absolute atomic E-state index is 0.0210. The molecule has 0 radical (unpaired) electrons. The van der Waals surface area contributed by atoms with E-state index in [2.05, 4.69) is 6.92 Å². The lowest BCUT2D eigenvalue weighted by Gasteiger charge is -2.31. The minimum atomic E-state index is -0.804. The van der Waals surface area contributed by atoms with Gasteiger partial charge < -0.3 is 10.0 Å². The molecule has 0 aromatic rings. The van der Waals surface area contributed by atoms with Crippen molar-refractivity contribution in [1.82, 2.24) is 4.90 Å². The summed E-state index contributed by atoms with van der Waals surface area (Å²) in [6.07, 6.45) is 2.60. The Hall–Kier alpha value is -1.06. The number of carbonyl (C=O) groups excluding carboxylic acids is 1. The Bertz CT molecular complexity index is 358. The Kier molecular flexibility index (Phi) is 3.39. The van der Waals surface area contributed by atoms with Crippen molar-refractivity contribution in [3.05, 3.63) is 0 Å². The molecule has 102 valence electrons. The lowest BCUT2D eigenvalue weighted by molar-refractivity contribution is -0.149. The Labute approximate surface area is 108 Å². The van der Waals surface area contributed by atoms with E-state index in [1.807, 2.05) is 18.7 Å². The number of amides is 1. The van der Waals surface area contributed by atoms with Crippen LogP contribution < -0.4 is 0 Å². The molecule has 18 heavy (non-hydrogen) atoms. The highest BCUT2D eigenvalue weighted by molar-refractivity contribution is 5.93. The van der Waals surface area contributed by atoms with Crippen LogP contribution in [0.15, 0.2) is 0 Å². The molecule has 2 fully saturated rings. The molecule has 0 aromatic heterocycles. The van der Waals surface area contributed by atoms with Crippen LogP contribution >= 0.6 is 0 Å². The number of piperidine rings is 1. The van der Waals surface area contributed by atoms with Crippen LogP contribution in [0.25, 0.3) is 0 Å². The number of aliphatic carboxylic acids is 1. The molecule has 1 saturated heterocycles. The summed E-state index contributed by atoms with van der Waals surface area (Å²) in [5, 5.41) is 9.36. The Morgan fingerprint density at radius 1 is 1.28 bits per heavy atom. The van der Waals surface area contributed by atoms with Crippen LogP contribution in [0.1, 0.15) is 40.0 Å². The van der Waals surface area contributed by atoms with E-state index >= 15 is 0 Å². The second kappa shape index (κ2) is 4.56. The van der Waals surface area contributed by atoms with Gasteiger partial charge in [0.2, 0.25) is 5.91 Å². The fourth-order valence-electron chi connectivity index (χ4n) is 3.16. The molecule has 1 aliphatic heterocycles. The van der Waals surface area contributed by atoms with Gasteiger partial charge in [0.1, 0.15) is 0 Å². The van der Waals surface area contributed by atoms with Crippen LogP contribution in [0.4, 0.5) is 0 Å². The number of rotatable bonds is 3. The smallest absolute Gasteiger partial charge is 0.310 e. The molecule has 0 bridgehead atoms. The lowest BCUT2D eigenvalue weighted by atomic mass is 9.89. The zero-order valence-electron chi connectivity index (χ0n) is 11.5. The number of hydrogen-bond acceptors (Lipinski definition) is 2. The highest BCUT2D eigenvalue weighted by Crippen LogP contribution is 2.58. The average molecular weight is 253 g/mol. The monoisotopic (exact) mass is 253 g/mol. The molecular weight excluding hydrogens is 230 g/mol. The third-order valence-electron chi connectivity index (χ3n) is 4.83. The van der Waals surface area contributed by atoms with Gasteiger partial charge in [0.25, 0.3) is 0 Å². The van der Waals surface area contributed by atoms with E-state index in [9.17, 15) is 14.7 Å². The van der Waals surface area contributed by atoms with Crippen molar-refractivity contribution in [1.29, 1.82) is 0 Å². The van der Waals surface area contributed by atoms with Gasteiger partial charge in [0, 0.05) is 13.1 Å². The minimum Gasteiger partial charge on any atom is -0.481 e. The Morgan fingerprint density at radius 2 is 1.83 bits per heavy atom. The Balaban J connectivity index is 2.02. The third kappa shape index (κ3) is 2.02. The summed E-state index contributed by atoms with van der Waals surface area (Å²) < 4.78 is 0. The largest absolute Gasteiger partial charge is 0.481 e. The number of carboxylic acids is 1. The van der Waals surface area contributed by atoms with E-state index < -0.39 is 11.4 Å². The first-order valence-corrected chi connectivity index (χ1v) is 6.91. The van der Waals surface area contributed by atoms with Gasteiger partial charge >= 0.3 is 5.97 Å². The van der Waals surface area contributed by atoms with Gasteiger partial charge in [-0.25, -0.2) is 0 Å². The van der Waals surface area contributed by atoms with E-state index in [-0.39, 0.29) is 17.7 Å². The summed E-state index contributed by atoms with van der Waals surface area (Å²) in [6, 6.07) is 0. The lowest BCUT2D eigenvalue weighted by Crippen LogP contribution is -2.41. The first-order chi connectivity index (χ1) is 8.39. The van der Waals surface area contributed by atoms with Crippen molar-refractivity contribution in [2.24, 2.45) is 23.2 Å². The maximum absolute atomic E-state index is 12.4. The van der Waals surface area contributed by atoms with Gasteiger partial charge in [0.15, 0.2) is 0 Å². The summed E-state index contributed by atoms with van der Waals surface area (Å²) in [5.74, 6) is -0.321. The van der Waals surface area contributed by atoms with Crippen LogP contribution in [0.2, 0.25) is 0 Å². The summed E-state index contributed by atoms with van der Waals surface area (Å²) in [5.41, 5.74) is -0.792. The Morgan fingerprint density at radius 3 is 2.22 bits per heavy atom. The van der Waals surface area contributed by atoms with Crippen molar-refractivity contribution in [3.8, 4) is 0 Å². The maximum Gasteiger partial charge on any atom is 0.310 e. The third-order valence-corrected chi connectivity index (χ3v) is 4.83. The van der Waals surface area contributed by atoms with Gasteiger partial charge in [-0.3, -0.25) is 9.59 Å². The normalized spacial score (nSPS) is 32.7. The van der Waals surface area contributed by atoms with Crippen molar-refractivity contribution in [3.63, 3.8) is 0 Å². The molecule has 2 aliphatic rings. The van der Waals surface area contributed by atoms with Crippen LogP contribution in [-0.2, 0) is 9.59 Å². The van der Waals surface area contributed by atoms with Crippen LogP contribution in [-0.4, -0.2) is 35.0 Å². The molecule has 0 aromatic carbocycles. The van der Waals surface area contributed by atoms with E-state index in [4.69, 9.17) is 0 Å². The zero-order valence-corrected chi connectivity index (χ0v) is 11.5. The fraction of sp³-hybridized carbons (Fsp3) is 0.857. The summed E-state index contributed by atoms with van der Waals surface area (Å²) in [7, 11) is 0. The molecule has 2 rings (SSSR count). The van der Waals surface area contributed by atoms with Crippen molar-refractivity contribution >= 4 is 11.9 Å². The van der Waals surface area contributed by atoms with Crippen molar-refractivity contribution < 1.29 is 14.7 Å². The molecule has 2 unspecified atom stereocenters. The number of carboxylic acid groups (broad SMARTS) is 1. The standard InChI is InChI=1S/C14H23NO3/c1-9(2)14(13(17)18)8-11(14)12(16)15-6-4-10(3)5-7-15/h9-11H,4-8H2,1-3H3,(H,17,18). The second-order valence-electron chi connectivity index (χ2n) is 6.26. The van der Waals surface area contributed by atoms with Crippen molar-refractivity contribution in [2.45, 2.75) is 40.0 Å². The predicted octanol–water partition coefficient (Wildman–Crippen LogP) is 1.99. The molecule has 1 saturated carbocycles. The van der Waals surface area contributed by atoms with Gasteiger partial charge in [-0.2, -0.15) is 0 Å². The van der Waals surface area contributed by atoms with E-state index in [0.717, 1.165) is 25.9 Å². The van der Waals surface area contributed by atoms with E-state index in [1.165, 1.54) is 0 Å². The molecular formula is C14H23NO3. The topological polar surface area (TPSA) is 57.6 Å². The first kappa shape index (κ1) is 13.4. The van der Waals surface area contributed by atoms with E-state index in [0.29, 0.717) is 12.3 Å². The predicted molar refractivity (Wildman–Crippen MR) is 68.0 cm³/mol. The van der Waals surface area contributed by atoms with Crippen LogP contribution in [0.5, 0.6) is 0 Å². The highest BCUT2D eigenvalue weighted by atomic mass is 16.4. The average Bonchev–Trinajstić information content (AvgIpc) is 3.05. The molecule has 2 atom stereocenters. The number of nitrogens with zero attached hydrogens (tertiary/aromatic N) is 1. The fourth-order valence-corrected chi connectivity index (χ4v) is 3.16. The number of likely N-dealkylation sites (tertiary alicyclic amines) is 1. The van der Waals surface area contributed by atoms with Crippen molar-refractivity contribution in [2.75, 3.05) is 13.1 Å². The van der Waals surface area contributed by atoms with Gasteiger partial charge in [0.05, 0.1) is 11.3 Å². The maximum atomic E-state index is 12.4. The molecule has 0 spiro atoms. The van der Waals surface area contributed by atoms with Crippen LogP contribution in [0.3, 0.4) is 0 Å². The number of hydrogen-bond donors (Lipinski definition) is 1. The molecule has 4 heteroatoms. The van der Waals surface area contributed by atoms with Gasteiger partial charge in [-0.15, -0.1) is 0 Å². The van der Waals surface area contributed by atoms with Crippen LogP contribution in [0, 0.1) is 23.2 Å². The SMILES string of the molecule is CC1CCN(C(=O)C2CC2(C(=O)O)C(C)C)CC1. The summed E-state index contributed by atoms with van der Waals surface area (Å²) in [4.78, 5) is 25.6. The molecule has 1 heterocycles. The van der Waals surface area contributed by atoms with E-state index in [1.54, 1.807) is 0 Å². The highest BCUT2D eigenvalue weighted by Gasteiger charge is 2.66. The zero-order chi connectivity index (χ0) is 13.5. The number of carbonyl (C=O) groups is 2. The summed E-state index contributed by atoms with van der Waals surface area (Å²) in [6.45, 7) is 7.60. The second-order valence-corrected chi connectivity index (χ2v) is 6.26. The van der Waals surface area contributed by atoms with Gasteiger partial charge in [-0.1, -0.05) is 20.8 Å². The quantitative estimate of drug-likeness (QED) is 0.837. The molecule has 1 N–H and O–H groups in total. The molecule has 1 aliphatic carbocycles. The summed E-state index contributed by atoms with van der Waals surface area (Å²) >= 11 is 0. The molecule has 1 amide bonds. The van der Waals surface area contributed by atoms with Gasteiger partial charge in [-0.05, 0) is 31.1 Å².